The summed E-state index contributed by atoms with van der Waals surface area (Å²) in [4.78, 5) is 32.8. The number of carboxylic acid groups (broad SMARTS) is 1. The monoisotopic (exact) mass is 620 g/mol. The molecule has 0 radical (unpaired) electrons. The lowest BCUT2D eigenvalue weighted by molar-refractivity contribution is -0.128. The van der Waals surface area contributed by atoms with Crippen molar-refractivity contribution in [3.63, 3.8) is 0 Å². The number of carboxylic acids is 1. The Labute approximate surface area is 259 Å². The maximum Gasteiger partial charge on any atom is 0.335 e. The first-order valence-corrected chi connectivity index (χ1v) is 15.0. The summed E-state index contributed by atoms with van der Waals surface area (Å²) in [6.07, 6.45) is 2.02. The Balaban J connectivity index is 1.18. The fourth-order valence-electron chi connectivity index (χ4n) is 6.15. The van der Waals surface area contributed by atoms with Crippen LogP contribution in [0, 0.1) is 5.82 Å². The minimum absolute atomic E-state index is 0.00973. The zero-order valence-electron chi connectivity index (χ0n) is 24.8. The third kappa shape index (κ3) is 5.71. The largest absolute Gasteiger partial charge is 0.478 e. The van der Waals surface area contributed by atoms with Gasteiger partial charge in [-0.15, -0.1) is 0 Å². The second-order valence-electron chi connectivity index (χ2n) is 11.7. The lowest BCUT2D eigenvalue weighted by Gasteiger charge is -2.32. The molecule has 1 atom stereocenters. The number of halogens is 2. The summed E-state index contributed by atoms with van der Waals surface area (Å²) in [5.41, 5.74) is 2.91. The number of hydrogen-bond acceptors (Lipinski definition) is 6. The van der Waals surface area contributed by atoms with Crippen LogP contribution >= 0.6 is 11.6 Å². The molecular formula is C33H34ClFN4O5. The summed E-state index contributed by atoms with van der Waals surface area (Å²) >= 11 is 5.97. The van der Waals surface area contributed by atoms with Gasteiger partial charge in [-0.3, -0.25) is 9.69 Å². The molecule has 2 aliphatic rings. The third-order valence-electron chi connectivity index (χ3n) is 8.55. The minimum Gasteiger partial charge on any atom is -0.478 e. The van der Waals surface area contributed by atoms with Gasteiger partial charge in [0.15, 0.2) is 11.5 Å². The van der Waals surface area contributed by atoms with E-state index in [0.29, 0.717) is 40.6 Å². The highest BCUT2D eigenvalue weighted by atomic mass is 35.5. The smallest absolute Gasteiger partial charge is 0.335 e. The highest BCUT2D eigenvalue weighted by Gasteiger charge is 2.43. The number of carbonyl (C=O) groups is 2. The third-order valence-corrected chi connectivity index (χ3v) is 8.78. The van der Waals surface area contributed by atoms with Crippen molar-refractivity contribution < 1.29 is 28.6 Å². The summed E-state index contributed by atoms with van der Waals surface area (Å²) in [6, 6.07) is 15.2. The zero-order chi connectivity index (χ0) is 31.2. The molecule has 4 aromatic rings. The number of ether oxygens (including phenoxy) is 2. The van der Waals surface area contributed by atoms with Gasteiger partial charge in [0, 0.05) is 44.6 Å². The van der Waals surface area contributed by atoms with Crippen molar-refractivity contribution in [3.05, 3.63) is 88.0 Å². The Morgan fingerprint density at radius 3 is 2.59 bits per heavy atom. The van der Waals surface area contributed by atoms with Crippen molar-refractivity contribution in [2.75, 3.05) is 27.2 Å². The van der Waals surface area contributed by atoms with Gasteiger partial charge < -0.3 is 24.0 Å². The number of piperidine rings is 1. The SMILES string of the molecule is CN(C)C(=O)CCn1c(CN2CCC(c3cccc4c3OC(C)(c3ccc(Cl)cc3F)O4)CC2)nc2ccc(C(=O)O)cc21. The topological polar surface area (TPSA) is 97.1 Å². The van der Waals surface area contributed by atoms with Crippen LogP contribution in [0.1, 0.15) is 59.4 Å². The van der Waals surface area contributed by atoms with E-state index in [4.69, 9.17) is 26.1 Å². The number of nitrogens with zero attached hydrogens (tertiary/aromatic N) is 4. The van der Waals surface area contributed by atoms with E-state index >= 15 is 0 Å². The van der Waals surface area contributed by atoms with Crippen LogP contribution < -0.4 is 9.47 Å². The van der Waals surface area contributed by atoms with Gasteiger partial charge in [-0.25, -0.2) is 14.2 Å². The molecule has 11 heteroatoms. The van der Waals surface area contributed by atoms with Gasteiger partial charge in [0.25, 0.3) is 5.79 Å². The molecule has 0 spiro atoms. The van der Waals surface area contributed by atoms with E-state index in [1.54, 1.807) is 56.3 Å². The summed E-state index contributed by atoms with van der Waals surface area (Å²) in [7, 11) is 3.44. The predicted molar refractivity (Wildman–Crippen MR) is 164 cm³/mol. The lowest BCUT2D eigenvalue weighted by Crippen LogP contribution is -2.34. The Morgan fingerprint density at radius 1 is 1.11 bits per heavy atom. The number of carbonyl (C=O) groups excluding carboxylic acids is 1. The molecule has 0 saturated carbocycles. The standard InChI is InChI=1S/C33H34ClFN4O5/c1-33(24-9-8-22(34)18-25(24)35)43-28-6-4-5-23(31(28)44-33)20-11-14-38(15-12-20)19-29-36-26-10-7-21(32(41)42)17-27(26)39(29)16-13-30(40)37(2)3/h4-10,17-18,20H,11-16,19H2,1-3H3,(H,41,42). The van der Waals surface area contributed by atoms with E-state index in [0.717, 1.165) is 37.3 Å². The number of benzene rings is 3. The average molecular weight is 621 g/mol. The fourth-order valence-corrected chi connectivity index (χ4v) is 6.30. The van der Waals surface area contributed by atoms with Gasteiger partial charge in [-0.2, -0.15) is 0 Å². The Hall–Kier alpha value is -4.15. The summed E-state index contributed by atoms with van der Waals surface area (Å²) < 4.78 is 29.3. The predicted octanol–water partition coefficient (Wildman–Crippen LogP) is 6.03. The number of imidazole rings is 1. The van der Waals surface area contributed by atoms with Gasteiger partial charge in [0.05, 0.1) is 28.7 Å². The lowest BCUT2D eigenvalue weighted by atomic mass is 9.88. The van der Waals surface area contributed by atoms with Crippen molar-refractivity contribution in [1.82, 2.24) is 19.4 Å². The molecule has 0 aliphatic carbocycles. The van der Waals surface area contributed by atoms with Gasteiger partial charge in [-0.1, -0.05) is 23.7 Å². The quantitative estimate of drug-likeness (QED) is 0.257. The number of aromatic nitrogens is 2. The fraction of sp³-hybridized carbons (Fsp3) is 0.364. The molecule has 3 heterocycles. The summed E-state index contributed by atoms with van der Waals surface area (Å²) in [5, 5.41) is 9.85. The van der Waals surface area contributed by atoms with Crippen molar-refractivity contribution in [2.24, 2.45) is 0 Å². The molecule has 1 unspecified atom stereocenters. The number of likely N-dealkylation sites (tertiary alicyclic amines) is 1. The van der Waals surface area contributed by atoms with Gasteiger partial charge in [0.2, 0.25) is 5.91 Å². The highest BCUT2D eigenvalue weighted by Crippen LogP contribution is 2.49. The van der Waals surface area contributed by atoms with Crippen LogP contribution in [0.3, 0.4) is 0 Å². The molecular weight excluding hydrogens is 587 g/mol. The molecule has 2 aliphatic heterocycles. The molecule has 3 aromatic carbocycles. The zero-order valence-corrected chi connectivity index (χ0v) is 25.6. The molecule has 1 fully saturated rings. The van der Waals surface area contributed by atoms with Crippen molar-refractivity contribution in [3.8, 4) is 11.5 Å². The molecule has 1 N–H and O–H groups in total. The van der Waals surface area contributed by atoms with Crippen molar-refractivity contribution in [2.45, 2.75) is 51.0 Å². The minimum atomic E-state index is -1.30. The van der Waals surface area contributed by atoms with Crippen LogP contribution in [-0.4, -0.2) is 63.5 Å². The van der Waals surface area contributed by atoms with Crippen LogP contribution in [0.2, 0.25) is 5.02 Å². The highest BCUT2D eigenvalue weighted by molar-refractivity contribution is 6.30. The van der Waals surface area contributed by atoms with Gasteiger partial charge in [-0.05, 0) is 74.3 Å². The van der Waals surface area contributed by atoms with E-state index in [1.807, 2.05) is 22.8 Å². The summed E-state index contributed by atoms with van der Waals surface area (Å²) in [6.45, 7) is 4.30. The van der Waals surface area contributed by atoms with Crippen LogP contribution in [-0.2, 0) is 23.7 Å². The maximum absolute atomic E-state index is 14.8. The first-order valence-electron chi connectivity index (χ1n) is 14.6. The molecule has 44 heavy (non-hydrogen) atoms. The first-order chi connectivity index (χ1) is 21.0. The number of para-hydroxylation sites is 1. The van der Waals surface area contributed by atoms with E-state index in [9.17, 15) is 19.1 Å². The molecule has 0 bridgehead atoms. The molecule has 1 aromatic heterocycles. The van der Waals surface area contributed by atoms with Crippen LogP contribution in [0.4, 0.5) is 4.39 Å². The van der Waals surface area contributed by atoms with Gasteiger partial charge >= 0.3 is 5.97 Å². The molecule has 1 amide bonds. The van der Waals surface area contributed by atoms with E-state index in [1.165, 1.54) is 6.07 Å². The van der Waals surface area contributed by atoms with Crippen molar-refractivity contribution in [1.29, 1.82) is 0 Å². The van der Waals surface area contributed by atoms with Crippen molar-refractivity contribution >= 4 is 34.5 Å². The Bertz CT molecular complexity index is 1750. The summed E-state index contributed by atoms with van der Waals surface area (Å²) in [5.74, 6) is -0.562. The number of aromatic carboxylic acids is 1. The van der Waals surface area contributed by atoms with Crippen LogP contribution in [0.5, 0.6) is 11.5 Å². The number of rotatable bonds is 8. The Kier molecular flexibility index (Phi) is 7.98. The number of hydrogen-bond donors (Lipinski definition) is 1. The van der Waals surface area contributed by atoms with E-state index < -0.39 is 17.6 Å². The molecule has 6 rings (SSSR count). The molecule has 1 saturated heterocycles. The first kappa shape index (κ1) is 29.9. The molecule has 230 valence electrons. The second-order valence-corrected chi connectivity index (χ2v) is 12.2. The van der Waals surface area contributed by atoms with Crippen LogP contribution in [0.25, 0.3) is 11.0 Å². The van der Waals surface area contributed by atoms with Crippen LogP contribution in [0.15, 0.2) is 54.6 Å². The number of amides is 1. The number of fused-ring (bicyclic) bond motifs is 2. The number of aryl methyl sites for hydroxylation is 1. The Morgan fingerprint density at radius 2 is 1.89 bits per heavy atom. The average Bonchev–Trinajstić information content (AvgIpc) is 3.52. The van der Waals surface area contributed by atoms with E-state index in [2.05, 4.69) is 4.90 Å². The normalized spacial score (nSPS) is 18.6. The maximum atomic E-state index is 14.8. The van der Waals surface area contributed by atoms with E-state index in [-0.39, 0.29) is 29.4 Å². The second kappa shape index (κ2) is 11.7. The molecule has 9 nitrogen and oxygen atoms in total. The van der Waals surface area contributed by atoms with Gasteiger partial charge in [0.1, 0.15) is 11.6 Å².